The number of halogens is 1. The van der Waals surface area contributed by atoms with E-state index in [4.69, 9.17) is 4.52 Å². The van der Waals surface area contributed by atoms with Crippen molar-refractivity contribution in [3.8, 4) is 11.4 Å². The molecule has 1 N–H and O–H groups in total. The summed E-state index contributed by atoms with van der Waals surface area (Å²) >= 11 is 0. The molecule has 2 aromatic rings. The SMILES string of the molecule is Cc1cc(-c2noc(CN3C(C)CCCC3CO)n2)ccc1F. The van der Waals surface area contributed by atoms with Crippen LogP contribution in [-0.4, -0.2) is 38.8 Å². The number of hydrogen-bond acceptors (Lipinski definition) is 5. The maximum Gasteiger partial charge on any atom is 0.241 e. The first-order valence-corrected chi connectivity index (χ1v) is 8.04. The molecule has 124 valence electrons. The molecule has 6 heteroatoms. The van der Waals surface area contributed by atoms with Crippen molar-refractivity contribution >= 4 is 0 Å². The summed E-state index contributed by atoms with van der Waals surface area (Å²) in [6, 6.07) is 5.29. The van der Waals surface area contributed by atoms with Crippen molar-refractivity contribution in [2.75, 3.05) is 6.61 Å². The summed E-state index contributed by atoms with van der Waals surface area (Å²) in [5.41, 5.74) is 1.29. The summed E-state index contributed by atoms with van der Waals surface area (Å²) < 4.78 is 18.7. The second-order valence-electron chi connectivity index (χ2n) is 6.26. The monoisotopic (exact) mass is 319 g/mol. The maximum atomic E-state index is 13.4. The van der Waals surface area contributed by atoms with Gasteiger partial charge in [-0.1, -0.05) is 11.6 Å². The Balaban J connectivity index is 1.77. The molecular weight excluding hydrogens is 297 g/mol. The van der Waals surface area contributed by atoms with Crippen molar-refractivity contribution in [3.05, 3.63) is 35.5 Å². The number of aromatic nitrogens is 2. The zero-order valence-corrected chi connectivity index (χ0v) is 13.5. The Morgan fingerprint density at radius 1 is 1.39 bits per heavy atom. The molecule has 2 heterocycles. The maximum absolute atomic E-state index is 13.4. The second kappa shape index (κ2) is 6.76. The number of aliphatic hydroxyl groups excluding tert-OH is 1. The van der Waals surface area contributed by atoms with E-state index in [9.17, 15) is 9.50 Å². The van der Waals surface area contributed by atoms with Crippen LogP contribution >= 0.6 is 0 Å². The van der Waals surface area contributed by atoms with Crippen molar-refractivity contribution in [2.45, 2.75) is 51.7 Å². The van der Waals surface area contributed by atoms with Crippen molar-refractivity contribution in [3.63, 3.8) is 0 Å². The van der Waals surface area contributed by atoms with Gasteiger partial charge in [0.15, 0.2) is 0 Å². The van der Waals surface area contributed by atoms with Crippen LogP contribution in [0.2, 0.25) is 0 Å². The van der Waals surface area contributed by atoms with Gasteiger partial charge < -0.3 is 9.63 Å². The summed E-state index contributed by atoms with van der Waals surface area (Å²) in [6.07, 6.45) is 3.22. The van der Waals surface area contributed by atoms with Crippen LogP contribution in [0, 0.1) is 12.7 Å². The molecule has 0 spiro atoms. The van der Waals surface area contributed by atoms with Crippen LogP contribution in [-0.2, 0) is 6.54 Å². The summed E-state index contributed by atoms with van der Waals surface area (Å²) in [6.45, 7) is 4.53. The van der Waals surface area contributed by atoms with E-state index in [0.29, 0.717) is 29.9 Å². The molecule has 1 aromatic heterocycles. The van der Waals surface area contributed by atoms with Crippen LogP contribution in [0.4, 0.5) is 4.39 Å². The van der Waals surface area contributed by atoms with Gasteiger partial charge in [0, 0.05) is 17.6 Å². The van der Waals surface area contributed by atoms with Gasteiger partial charge in [0.2, 0.25) is 11.7 Å². The van der Waals surface area contributed by atoms with E-state index in [0.717, 1.165) is 24.8 Å². The van der Waals surface area contributed by atoms with Gasteiger partial charge in [0.05, 0.1) is 13.2 Å². The minimum atomic E-state index is -0.245. The third-order valence-electron chi connectivity index (χ3n) is 4.61. The predicted octanol–water partition coefficient (Wildman–Crippen LogP) is 2.92. The number of rotatable bonds is 4. The summed E-state index contributed by atoms with van der Waals surface area (Å²) in [4.78, 5) is 6.64. The van der Waals surface area contributed by atoms with E-state index in [1.807, 2.05) is 0 Å². The van der Waals surface area contributed by atoms with Crippen molar-refractivity contribution in [1.82, 2.24) is 15.0 Å². The molecule has 3 rings (SSSR count). The van der Waals surface area contributed by atoms with E-state index < -0.39 is 0 Å². The Kier molecular flexibility index (Phi) is 4.73. The molecule has 1 fully saturated rings. The van der Waals surface area contributed by atoms with E-state index in [-0.39, 0.29) is 18.5 Å². The molecule has 1 aliphatic heterocycles. The van der Waals surface area contributed by atoms with Gasteiger partial charge >= 0.3 is 0 Å². The van der Waals surface area contributed by atoms with Gasteiger partial charge in [-0.25, -0.2) is 4.39 Å². The van der Waals surface area contributed by atoms with Crippen LogP contribution in [0.3, 0.4) is 0 Å². The topological polar surface area (TPSA) is 62.4 Å². The zero-order chi connectivity index (χ0) is 16.4. The lowest BCUT2D eigenvalue weighted by molar-refractivity contribution is 0.0370. The van der Waals surface area contributed by atoms with Gasteiger partial charge in [-0.15, -0.1) is 0 Å². The van der Waals surface area contributed by atoms with E-state index in [1.165, 1.54) is 6.07 Å². The van der Waals surface area contributed by atoms with Crippen LogP contribution in [0.25, 0.3) is 11.4 Å². The van der Waals surface area contributed by atoms with Gasteiger partial charge in [-0.2, -0.15) is 4.98 Å². The van der Waals surface area contributed by atoms with Crippen molar-refractivity contribution in [2.24, 2.45) is 0 Å². The highest BCUT2D eigenvalue weighted by molar-refractivity contribution is 5.55. The molecule has 0 aliphatic carbocycles. The lowest BCUT2D eigenvalue weighted by Crippen LogP contribution is -2.46. The Hall–Kier alpha value is -1.79. The molecule has 2 unspecified atom stereocenters. The molecule has 0 bridgehead atoms. The highest BCUT2D eigenvalue weighted by Crippen LogP contribution is 2.25. The lowest BCUT2D eigenvalue weighted by Gasteiger charge is -2.38. The van der Waals surface area contributed by atoms with E-state index in [1.54, 1.807) is 19.1 Å². The van der Waals surface area contributed by atoms with Gasteiger partial charge in [0.1, 0.15) is 5.82 Å². The van der Waals surface area contributed by atoms with Gasteiger partial charge in [-0.05, 0) is 50.5 Å². The molecular formula is C17H22FN3O2. The molecule has 5 nitrogen and oxygen atoms in total. The first-order chi connectivity index (χ1) is 11.1. The Labute approximate surface area is 135 Å². The Morgan fingerprint density at radius 2 is 2.22 bits per heavy atom. The Bertz CT molecular complexity index is 674. The molecule has 2 atom stereocenters. The summed E-state index contributed by atoms with van der Waals surface area (Å²) in [7, 11) is 0. The third kappa shape index (κ3) is 3.43. The zero-order valence-electron chi connectivity index (χ0n) is 13.5. The van der Waals surface area contributed by atoms with Gasteiger partial charge in [0.25, 0.3) is 0 Å². The van der Waals surface area contributed by atoms with Crippen LogP contribution in [0.1, 0.15) is 37.6 Å². The van der Waals surface area contributed by atoms with E-state index >= 15 is 0 Å². The number of aliphatic hydroxyl groups is 1. The minimum Gasteiger partial charge on any atom is -0.395 e. The van der Waals surface area contributed by atoms with Crippen molar-refractivity contribution < 1.29 is 14.0 Å². The van der Waals surface area contributed by atoms with Gasteiger partial charge in [-0.3, -0.25) is 4.90 Å². The molecule has 1 saturated heterocycles. The molecule has 1 aliphatic rings. The fourth-order valence-electron chi connectivity index (χ4n) is 3.20. The molecule has 0 amide bonds. The standard InChI is InChI=1S/C17H22FN3O2/c1-11-8-13(6-7-15(11)18)17-19-16(23-20-17)9-21-12(2)4-3-5-14(21)10-22/h6-8,12,14,22H,3-5,9-10H2,1-2H3. The molecule has 0 radical (unpaired) electrons. The minimum absolute atomic E-state index is 0.141. The third-order valence-corrected chi connectivity index (χ3v) is 4.61. The highest BCUT2D eigenvalue weighted by Gasteiger charge is 2.28. The number of benzene rings is 1. The number of likely N-dealkylation sites (tertiary alicyclic amines) is 1. The van der Waals surface area contributed by atoms with Crippen LogP contribution in [0.15, 0.2) is 22.7 Å². The quantitative estimate of drug-likeness (QED) is 0.939. The fourth-order valence-corrected chi connectivity index (χ4v) is 3.20. The molecule has 0 saturated carbocycles. The summed E-state index contributed by atoms with van der Waals surface area (Å²) in [5.74, 6) is 0.743. The smallest absolute Gasteiger partial charge is 0.241 e. The largest absolute Gasteiger partial charge is 0.395 e. The number of nitrogens with zero attached hydrogens (tertiary/aromatic N) is 3. The van der Waals surface area contributed by atoms with E-state index in [2.05, 4.69) is 22.0 Å². The van der Waals surface area contributed by atoms with Crippen molar-refractivity contribution in [1.29, 1.82) is 0 Å². The first kappa shape index (κ1) is 16.1. The normalized spacial score (nSPS) is 22.4. The summed E-state index contributed by atoms with van der Waals surface area (Å²) in [5, 5.41) is 13.6. The average molecular weight is 319 g/mol. The number of piperidine rings is 1. The number of aryl methyl sites for hydroxylation is 1. The molecule has 1 aromatic carbocycles. The number of hydrogen-bond donors (Lipinski definition) is 1. The lowest BCUT2D eigenvalue weighted by atomic mass is 9.97. The van der Waals surface area contributed by atoms with Crippen LogP contribution in [0.5, 0.6) is 0 Å². The predicted molar refractivity (Wildman–Crippen MR) is 84.2 cm³/mol. The second-order valence-corrected chi connectivity index (χ2v) is 6.26. The molecule has 23 heavy (non-hydrogen) atoms. The Morgan fingerprint density at radius 3 is 2.96 bits per heavy atom. The fraction of sp³-hybridized carbons (Fsp3) is 0.529. The average Bonchev–Trinajstić information content (AvgIpc) is 3.00. The highest BCUT2D eigenvalue weighted by atomic mass is 19.1. The van der Waals surface area contributed by atoms with Crippen LogP contribution < -0.4 is 0 Å². The first-order valence-electron chi connectivity index (χ1n) is 8.04.